The smallest absolute Gasteiger partial charge is 0.197 e. The molecule has 4 heteroatoms. The van der Waals surface area contributed by atoms with Gasteiger partial charge in [-0.1, -0.05) is 12.1 Å². The van der Waals surface area contributed by atoms with Crippen LogP contribution < -0.4 is 14.9 Å². The number of benzene rings is 2. The molecule has 4 nitrogen and oxygen atoms in total. The van der Waals surface area contributed by atoms with E-state index in [-0.39, 0.29) is 5.43 Å². The maximum atomic E-state index is 12.4. The van der Waals surface area contributed by atoms with Crippen molar-refractivity contribution in [1.82, 2.24) is 4.98 Å². The van der Waals surface area contributed by atoms with Crippen molar-refractivity contribution < 1.29 is 9.47 Å². The van der Waals surface area contributed by atoms with Crippen LogP contribution in [0.5, 0.6) is 11.5 Å². The van der Waals surface area contributed by atoms with Crippen LogP contribution in [0, 0.1) is 0 Å². The number of nitrogens with one attached hydrogen (secondary N) is 1. The van der Waals surface area contributed by atoms with Crippen LogP contribution in [0.4, 0.5) is 0 Å². The Morgan fingerprint density at radius 1 is 0.947 bits per heavy atom. The number of hydrogen-bond donors (Lipinski definition) is 1. The fraction of sp³-hybridized carbons (Fsp3) is 0.133. The van der Waals surface area contributed by atoms with Gasteiger partial charge >= 0.3 is 0 Å². The van der Waals surface area contributed by atoms with Crippen molar-refractivity contribution in [2.75, 3.05) is 14.2 Å². The number of hydrogen-bond acceptors (Lipinski definition) is 3. The van der Waals surface area contributed by atoms with Crippen LogP contribution >= 0.6 is 0 Å². The van der Waals surface area contributed by atoms with Gasteiger partial charge in [-0.15, -0.1) is 0 Å². The highest BCUT2D eigenvalue weighted by molar-refractivity contribution is 5.96. The predicted octanol–water partition coefficient (Wildman–Crippen LogP) is 2.70. The van der Waals surface area contributed by atoms with Crippen LogP contribution in [-0.4, -0.2) is 19.2 Å². The van der Waals surface area contributed by atoms with Gasteiger partial charge < -0.3 is 14.5 Å². The number of fused-ring (bicyclic) bond motifs is 2. The molecule has 0 radical (unpaired) electrons. The molecule has 0 saturated heterocycles. The summed E-state index contributed by atoms with van der Waals surface area (Å²) in [5, 5.41) is 1.26. The molecule has 2 aromatic carbocycles. The molecule has 3 rings (SSSR count). The van der Waals surface area contributed by atoms with E-state index < -0.39 is 0 Å². The first kappa shape index (κ1) is 11.6. The lowest BCUT2D eigenvalue weighted by atomic mass is 10.1. The van der Waals surface area contributed by atoms with Crippen molar-refractivity contribution in [2.24, 2.45) is 0 Å². The molecule has 0 unspecified atom stereocenters. The Morgan fingerprint density at radius 2 is 1.74 bits per heavy atom. The first-order valence-electron chi connectivity index (χ1n) is 5.92. The minimum absolute atomic E-state index is 0.00898. The van der Waals surface area contributed by atoms with E-state index in [2.05, 4.69) is 4.98 Å². The molecule has 0 amide bonds. The van der Waals surface area contributed by atoms with E-state index in [1.54, 1.807) is 26.4 Å². The van der Waals surface area contributed by atoms with Crippen LogP contribution in [0.15, 0.2) is 41.2 Å². The molecule has 0 atom stereocenters. The van der Waals surface area contributed by atoms with E-state index in [0.717, 1.165) is 5.52 Å². The second-order valence-electron chi connectivity index (χ2n) is 4.22. The molecule has 96 valence electrons. The zero-order chi connectivity index (χ0) is 13.4. The van der Waals surface area contributed by atoms with E-state index in [1.807, 2.05) is 24.3 Å². The summed E-state index contributed by atoms with van der Waals surface area (Å²) in [5.74, 6) is 1.14. The van der Waals surface area contributed by atoms with Gasteiger partial charge in [0.05, 0.1) is 25.1 Å². The molecule has 0 fully saturated rings. The van der Waals surface area contributed by atoms with Crippen molar-refractivity contribution in [1.29, 1.82) is 0 Å². The average Bonchev–Trinajstić information content (AvgIpc) is 2.46. The zero-order valence-electron chi connectivity index (χ0n) is 10.7. The summed E-state index contributed by atoms with van der Waals surface area (Å²) in [6, 6.07) is 10.9. The molecule has 0 saturated carbocycles. The lowest BCUT2D eigenvalue weighted by Crippen LogP contribution is -2.05. The largest absolute Gasteiger partial charge is 0.493 e. The third-order valence-electron chi connectivity index (χ3n) is 3.22. The maximum absolute atomic E-state index is 12.4. The highest BCUT2D eigenvalue weighted by Gasteiger charge is 2.13. The van der Waals surface area contributed by atoms with Crippen LogP contribution in [0.2, 0.25) is 0 Å². The Morgan fingerprint density at radius 3 is 2.47 bits per heavy atom. The van der Waals surface area contributed by atoms with Crippen LogP contribution in [0.3, 0.4) is 0 Å². The van der Waals surface area contributed by atoms with E-state index in [1.165, 1.54) is 0 Å². The number of H-pyrrole nitrogens is 1. The number of methoxy groups -OCH3 is 2. The molecule has 0 bridgehead atoms. The van der Waals surface area contributed by atoms with E-state index >= 15 is 0 Å². The number of rotatable bonds is 2. The summed E-state index contributed by atoms with van der Waals surface area (Å²) in [6.45, 7) is 0. The van der Waals surface area contributed by atoms with Gasteiger partial charge in [-0.3, -0.25) is 4.79 Å². The lowest BCUT2D eigenvalue weighted by molar-refractivity contribution is 0.358. The highest BCUT2D eigenvalue weighted by atomic mass is 16.5. The van der Waals surface area contributed by atoms with Gasteiger partial charge in [-0.05, 0) is 24.3 Å². The summed E-state index contributed by atoms with van der Waals surface area (Å²) < 4.78 is 10.6. The lowest BCUT2D eigenvalue weighted by Gasteiger charge is -2.11. The Kier molecular flexibility index (Phi) is 2.63. The second kappa shape index (κ2) is 4.31. The fourth-order valence-corrected chi connectivity index (χ4v) is 2.31. The standard InChI is InChI=1S/C15H13NO3/c1-18-12-8-7-10-13(15(12)19-2)16-11-6-4-3-5-9(11)14(10)17/h3-8H,1-2H3,(H,16,17). The van der Waals surface area contributed by atoms with Crippen LogP contribution in [-0.2, 0) is 0 Å². The van der Waals surface area contributed by atoms with Gasteiger partial charge in [0.25, 0.3) is 0 Å². The van der Waals surface area contributed by atoms with Crippen molar-refractivity contribution in [3.8, 4) is 11.5 Å². The quantitative estimate of drug-likeness (QED) is 0.716. The molecule has 1 heterocycles. The minimum Gasteiger partial charge on any atom is -0.493 e. The molecule has 0 aliphatic carbocycles. The molecule has 19 heavy (non-hydrogen) atoms. The molecule has 0 spiro atoms. The average molecular weight is 255 g/mol. The van der Waals surface area contributed by atoms with Crippen LogP contribution in [0.1, 0.15) is 0 Å². The molecule has 0 aliphatic heterocycles. The van der Waals surface area contributed by atoms with E-state index in [0.29, 0.717) is 27.8 Å². The summed E-state index contributed by atoms with van der Waals surface area (Å²) >= 11 is 0. The molecular formula is C15H13NO3. The molecule has 1 aromatic heterocycles. The number of para-hydroxylation sites is 1. The number of aromatic amines is 1. The monoisotopic (exact) mass is 255 g/mol. The van der Waals surface area contributed by atoms with Gasteiger partial charge in [0.1, 0.15) is 0 Å². The van der Waals surface area contributed by atoms with Gasteiger partial charge in [-0.25, -0.2) is 0 Å². The summed E-state index contributed by atoms with van der Waals surface area (Å²) in [7, 11) is 3.13. The number of aromatic nitrogens is 1. The highest BCUT2D eigenvalue weighted by Crippen LogP contribution is 2.33. The van der Waals surface area contributed by atoms with Gasteiger partial charge in [-0.2, -0.15) is 0 Å². The summed E-state index contributed by atoms with van der Waals surface area (Å²) in [6.07, 6.45) is 0. The molecule has 0 aliphatic rings. The number of pyridine rings is 1. The van der Waals surface area contributed by atoms with Gasteiger partial charge in [0.2, 0.25) is 0 Å². The van der Waals surface area contributed by atoms with Gasteiger partial charge in [0.15, 0.2) is 16.9 Å². The first-order chi connectivity index (χ1) is 9.26. The summed E-state index contributed by atoms with van der Waals surface area (Å²) in [4.78, 5) is 15.7. The van der Waals surface area contributed by atoms with E-state index in [9.17, 15) is 4.79 Å². The first-order valence-corrected chi connectivity index (χ1v) is 5.92. The molecular weight excluding hydrogens is 242 g/mol. The molecule has 3 aromatic rings. The van der Waals surface area contributed by atoms with Crippen molar-refractivity contribution in [3.05, 3.63) is 46.6 Å². The predicted molar refractivity (Wildman–Crippen MR) is 75.2 cm³/mol. The fourth-order valence-electron chi connectivity index (χ4n) is 2.31. The third kappa shape index (κ3) is 1.64. The minimum atomic E-state index is -0.00898. The third-order valence-corrected chi connectivity index (χ3v) is 3.22. The topological polar surface area (TPSA) is 51.3 Å². The van der Waals surface area contributed by atoms with E-state index in [4.69, 9.17) is 9.47 Å². The molecule has 1 N–H and O–H groups in total. The SMILES string of the molecule is COc1ccc2c(=O)c3ccccc3[nH]c2c1OC. The van der Waals surface area contributed by atoms with Crippen molar-refractivity contribution in [2.45, 2.75) is 0 Å². The number of ether oxygens (including phenoxy) is 2. The second-order valence-corrected chi connectivity index (χ2v) is 4.22. The summed E-state index contributed by atoms with van der Waals surface area (Å²) in [5.41, 5.74) is 1.43. The Hall–Kier alpha value is -2.49. The maximum Gasteiger partial charge on any atom is 0.197 e. The Labute approximate surface area is 109 Å². The Bertz CT molecular complexity index is 821. The normalized spacial score (nSPS) is 10.8. The van der Waals surface area contributed by atoms with Gasteiger partial charge in [0, 0.05) is 10.9 Å². The van der Waals surface area contributed by atoms with Crippen LogP contribution in [0.25, 0.3) is 21.8 Å². The zero-order valence-corrected chi connectivity index (χ0v) is 10.7. The Balaban J connectivity index is 2.54. The van der Waals surface area contributed by atoms with Crippen molar-refractivity contribution >= 4 is 21.8 Å². The van der Waals surface area contributed by atoms with Crippen molar-refractivity contribution in [3.63, 3.8) is 0 Å².